The van der Waals surface area contributed by atoms with Crippen LogP contribution in [0.3, 0.4) is 0 Å². The minimum atomic E-state index is -0.371. The molecule has 3 nitrogen and oxygen atoms in total. The molecule has 0 aromatic carbocycles. The number of ether oxygens (including phenoxy) is 1. The molecule has 0 N–H and O–H groups in total. The second kappa shape index (κ2) is 4.06. The number of hydrogen-bond acceptors (Lipinski definition) is 3. The smallest absolute Gasteiger partial charge is 0.157 e. The number of carbonyl (C=O) groups excluding carboxylic acids is 1. The van der Waals surface area contributed by atoms with Crippen molar-refractivity contribution < 1.29 is 9.53 Å². The Kier molecular flexibility index (Phi) is 3.50. The molecule has 0 saturated carbocycles. The Bertz CT molecular complexity index is 307. The predicted molar refractivity (Wildman–Crippen MR) is 69.9 cm³/mol. The van der Waals surface area contributed by atoms with Gasteiger partial charge in [-0.2, -0.15) is 0 Å². The molecule has 0 aliphatic carbocycles. The first-order valence-electron chi connectivity index (χ1n) is 6.35. The van der Waals surface area contributed by atoms with Crippen molar-refractivity contribution in [1.82, 2.24) is 4.90 Å². The minimum Gasteiger partial charge on any atom is -0.359 e. The number of hydrogen-bond donors (Lipinski definition) is 0. The van der Waals surface area contributed by atoms with Crippen LogP contribution in [0.5, 0.6) is 0 Å². The monoisotopic (exact) mass is 241 g/mol. The summed E-state index contributed by atoms with van der Waals surface area (Å²) in [6.45, 7) is 16.9. The zero-order valence-electron chi connectivity index (χ0n) is 12.5. The van der Waals surface area contributed by atoms with Gasteiger partial charge in [-0.1, -0.05) is 20.8 Å². The van der Waals surface area contributed by atoms with Crippen LogP contribution in [0.4, 0.5) is 0 Å². The van der Waals surface area contributed by atoms with E-state index in [1.165, 1.54) is 0 Å². The van der Waals surface area contributed by atoms with Gasteiger partial charge in [-0.05, 0) is 34.6 Å². The van der Waals surface area contributed by atoms with E-state index in [1.54, 1.807) is 0 Å². The van der Waals surface area contributed by atoms with Crippen molar-refractivity contribution in [3.63, 3.8) is 0 Å². The van der Waals surface area contributed by atoms with Crippen LogP contribution >= 0.6 is 0 Å². The van der Waals surface area contributed by atoms with E-state index in [9.17, 15) is 4.79 Å². The zero-order chi connectivity index (χ0) is 13.6. The van der Waals surface area contributed by atoms with Gasteiger partial charge in [0.1, 0.15) is 5.72 Å². The summed E-state index contributed by atoms with van der Waals surface area (Å²) in [5.41, 5.74) is -0.770. The number of nitrogens with zero attached hydrogens (tertiary/aromatic N) is 1. The zero-order valence-corrected chi connectivity index (χ0v) is 12.5. The first-order chi connectivity index (χ1) is 7.37. The number of ketones is 1. The molecule has 0 amide bonds. The molecule has 1 rings (SSSR count). The van der Waals surface area contributed by atoms with Crippen molar-refractivity contribution in [2.45, 2.75) is 72.7 Å². The highest BCUT2D eigenvalue weighted by atomic mass is 16.5. The van der Waals surface area contributed by atoms with Gasteiger partial charge in [-0.3, -0.25) is 9.69 Å². The molecule has 0 aromatic heterocycles. The lowest BCUT2D eigenvalue weighted by Gasteiger charge is -2.44. The first-order valence-corrected chi connectivity index (χ1v) is 6.35. The lowest BCUT2D eigenvalue weighted by molar-refractivity contribution is -0.137. The third-order valence-corrected chi connectivity index (χ3v) is 3.25. The molecule has 0 bridgehead atoms. The molecule has 3 heteroatoms. The fourth-order valence-electron chi connectivity index (χ4n) is 2.77. The predicted octanol–water partition coefficient (Wildman–Crippen LogP) is 2.84. The van der Waals surface area contributed by atoms with Gasteiger partial charge in [0.25, 0.3) is 0 Å². The number of rotatable bonds is 1. The normalized spacial score (nSPS) is 26.2. The van der Waals surface area contributed by atoms with Gasteiger partial charge in [0.05, 0.1) is 12.6 Å². The molecular formula is C14H27NO2. The van der Waals surface area contributed by atoms with Crippen LogP contribution in [0.1, 0.15) is 55.4 Å². The number of carbonyl (C=O) groups is 1. The second-order valence-electron chi connectivity index (χ2n) is 7.43. The highest BCUT2D eigenvalue weighted by Crippen LogP contribution is 2.37. The molecule has 0 spiro atoms. The average Bonchev–Trinajstić information content (AvgIpc) is 2.37. The maximum atomic E-state index is 12.5. The van der Waals surface area contributed by atoms with Gasteiger partial charge in [0, 0.05) is 11.0 Å². The molecule has 1 unspecified atom stereocenters. The van der Waals surface area contributed by atoms with E-state index < -0.39 is 0 Å². The lowest BCUT2D eigenvalue weighted by Crippen LogP contribution is -2.58. The Hall–Kier alpha value is -0.410. The Morgan fingerprint density at radius 2 is 1.65 bits per heavy atom. The van der Waals surface area contributed by atoms with Crippen molar-refractivity contribution in [2.24, 2.45) is 5.41 Å². The summed E-state index contributed by atoms with van der Waals surface area (Å²) in [6.07, 6.45) is 0. The van der Waals surface area contributed by atoms with Crippen molar-refractivity contribution in [3.8, 4) is 0 Å². The van der Waals surface area contributed by atoms with Gasteiger partial charge in [0.2, 0.25) is 0 Å². The molecule has 0 radical (unpaired) electrons. The molecule has 0 aromatic rings. The van der Waals surface area contributed by atoms with Crippen LogP contribution in [0, 0.1) is 5.41 Å². The summed E-state index contributed by atoms with van der Waals surface area (Å²) >= 11 is 0. The average molecular weight is 241 g/mol. The Morgan fingerprint density at radius 3 is 2.00 bits per heavy atom. The van der Waals surface area contributed by atoms with E-state index in [4.69, 9.17) is 4.74 Å². The van der Waals surface area contributed by atoms with E-state index in [0.29, 0.717) is 6.61 Å². The van der Waals surface area contributed by atoms with Crippen molar-refractivity contribution in [3.05, 3.63) is 0 Å². The fourth-order valence-corrected chi connectivity index (χ4v) is 2.77. The van der Waals surface area contributed by atoms with Crippen molar-refractivity contribution in [1.29, 1.82) is 0 Å². The van der Waals surface area contributed by atoms with Gasteiger partial charge in [-0.25, -0.2) is 0 Å². The maximum Gasteiger partial charge on any atom is 0.157 e. The SMILES string of the molecule is CC(C)(C)C(=O)C1COC(C)(C)N1C(C)(C)C. The Morgan fingerprint density at radius 1 is 1.18 bits per heavy atom. The van der Waals surface area contributed by atoms with E-state index in [1.807, 2.05) is 34.6 Å². The topological polar surface area (TPSA) is 29.5 Å². The largest absolute Gasteiger partial charge is 0.359 e. The summed E-state index contributed by atoms with van der Waals surface area (Å²) in [5.74, 6) is 0.262. The van der Waals surface area contributed by atoms with Crippen LogP contribution in [-0.4, -0.2) is 34.6 Å². The Labute approximate surface area is 106 Å². The highest BCUT2D eigenvalue weighted by molar-refractivity contribution is 5.89. The third-order valence-electron chi connectivity index (χ3n) is 3.25. The third kappa shape index (κ3) is 2.89. The van der Waals surface area contributed by atoms with Gasteiger partial charge < -0.3 is 4.74 Å². The molecule has 17 heavy (non-hydrogen) atoms. The van der Waals surface area contributed by atoms with E-state index in [2.05, 4.69) is 25.7 Å². The van der Waals surface area contributed by atoms with Gasteiger partial charge >= 0.3 is 0 Å². The molecular weight excluding hydrogens is 214 g/mol. The molecule has 1 atom stereocenters. The molecule has 1 saturated heterocycles. The van der Waals surface area contributed by atoms with Crippen molar-refractivity contribution >= 4 is 5.78 Å². The van der Waals surface area contributed by atoms with Crippen LogP contribution < -0.4 is 0 Å². The summed E-state index contributed by atoms with van der Waals surface area (Å²) < 4.78 is 5.81. The highest BCUT2D eigenvalue weighted by Gasteiger charge is 2.50. The molecule has 100 valence electrons. The molecule has 1 aliphatic rings. The lowest BCUT2D eigenvalue weighted by atomic mass is 9.84. The maximum absolute atomic E-state index is 12.5. The van der Waals surface area contributed by atoms with Crippen LogP contribution in [0.15, 0.2) is 0 Å². The minimum absolute atomic E-state index is 0.0778. The Balaban J connectivity index is 3.07. The van der Waals surface area contributed by atoms with E-state index in [-0.39, 0.29) is 28.5 Å². The summed E-state index contributed by atoms with van der Waals surface area (Å²) in [5, 5.41) is 0. The van der Waals surface area contributed by atoms with Crippen LogP contribution in [0.25, 0.3) is 0 Å². The molecule has 1 heterocycles. The van der Waals surface area contributed by atoms with E-state index in [0.717, 1.165) is 0 Å². The number of Topliss-reactive ketones (excluding diaryl/α,β-unsaturated/α-hetero) is 1. The van der Waals surface area contributed by atoms with Crippen LogP contribution in [-0.2, 0) is 9.53 Å². The summed E-state index contributed by atoms with van der Waals surface area (Å²) in [7, 11) is 0. The summed E-state index contributed by atoms with van der Waals surface area (Å²) in [6, 6.07) is -0.134. The molecule has 1 aliphatic heterocycles. The quantitative estimate of drug-likeness (QED) is 0.707. The fraction of sp³-hybridized carbons (Fsp3) is 0.929. The molecule has 1 fully saturated rings. The summed E-state index contributed by atoms with van der Waals surface area (Å²) in [4.78, 5) is 14.7. The van der Waals surface area contributed by atoms with Crippen LogP contribution in [0.2, 0.25) is 0 Å². The first kappa shape index (κ1) is 14.7. The second-order valence-corrected chi connectivity index (χ2v) is 7.43. The van der Waals surface area contributed by atoms with E-state index >= 15 is 0 Å². The van der Waals surface area contributed by atoms with Gasteiger partial charge in [0.15, 0.2) is 5.78 Å². The standard InChI is InChI=1S/C14H27NO2/c1-12(2,3)11(16)10-9-17-14(7,8)15(10)13(4,5)6/h10H,9H2,1-8H3. The van der Waals surface area contributed by atoms with Crippen molar-refractivity contribution in [2.75, 3.05) is 6.61 Å². The van der Waals surface area contributed by atoms with Gasteiger partial charge in [-0.15, -0.1) is 0 Å².